The van der Waals surface area contributed by atoms with E-state index in [9.17, 15) is 4.79 Å². The van der Waals surface area contributed by atoms with Crippen molar-refractivity contribution in [2.75, 3.05) is 0 Å². The van der Waals surface area contributed by atoms with E-state index in [2.05, 4.69) is 9.85 Å². The summed E-state index contributed by atoms with van der Waals surface area (Å²) in [4.78, 5) is 11.3. The molecule has 0 aliphatic carbocycles. The third-order valence-electron chi connectivity index (χ3n) is 1.61. The molecule has 1 aromatic rings. The van der Waals surface area contributed by atoms with Gasteiger partial charge in [-0.25, -0.2) is 0 Å². The zero-order chi connectivity index (χ0) is 9.26. The van der Waals surface area contributed by atoms with Crippen LogP contribution in [0.1, 0.15) is 17.3 Å². The number of hydrogen-bond acceptors (Lipinski definition) is 2. The van der Waals surface area contributed by atoms with Crippen LogP contribution in [0.15, 0.2) is 24.3 Å². The summed E-state index contributed by atoms with van der Waals surface area (Å²) in [6.45, 7) is 1.77. The summed E-state index contributed by atoms with van der Waals surface area (Å²) in [5.74, 6) is 2.61. The van der Waals surface area contributed by atoms with Crippen molar-refractivity contribution in [1.82, 2.24) is 0 Å². The molecule has 0 radical (unpaired) electrons. The summed E-state index contributed by atoms with van der Waals surface area (Å²) in [5, 5.41) is 0. The van der Waals surface area contributed by atoms with E-state index in [-0.39, 0.29) is 5.97 Å². The van der Waals surface area contributed by atoms with Crippen LogP contribution >= 0.6 is 20.2 Å². The first-order valence-electron chi connectivity index (χ1n) is 3.77. The molecule has 0 atom stereocenters. The van der Waals surface area contributed by atoms with Crippen LogP contribution in [0, 0.1) is 13.4 Å². The first-order valence-corrected chi connectivity index (χ1v) is 6.81. The van der Waals surface area contributed by atoms with Gasteiger partial charge in [0.1, 0.15) is 0 Å². The quantitative estimate of drug-likeness (QED) is 0.541. The predicted octanol–water partition coefficient (Wildman–Crippen LogP) is 2.43. The van der Waals surface area contributed by atoms with Crippen LogP contribution in [0.2, 0.25) is 0 Å². The van der Waals surface area contributed by atoms with E-state index in [1.165, 1.54) is 0 Å². The van der Waals surface area contributed by atoms with Crippen molar-refractivity contribution in [3.8, 4) is 9.85 Å². The van der Waals surface area contributed by atoms with E-state index in [1.807, 2.05) is 18.2 Å². The van der Waals surface area contributed by atoms with Crippen molar-refractivity contribution >= 4 is 26.2 Å². The number of rotatable bonds is 0. The zero-order valence-electron chi connectivity index (χ0n) is 7.00. The van der Waals surface area contributed by atoms with Crippen molar-refractivity contribution in [2.24, 2.45) is 0 Å². The van der Waals surface area contributed by atoms with Gasteiger partial charge in [-0.1, -0.05) is 0 Å². The van der Waals surface area contributed by atoms with Crippen molar-refractivity contribution in [1.29, 1.82) is 0 Å². The van der Waals surface area contributed by atoms with Crippen molar-refractivity contribution in [3.05, 3.63) is 33.4 Å². The Labute approximate surface area is 84.2 Å². The summed E-state index contributed by atoms with van der Waals surface area (Å²) in [6.07, 6.45) is 0. The normalized spacial score (nSPS) is 15.8. The second kappa shape index (κ2) is 3.38. The molecular formula is C10H7IO2. The van der Waals surface area contributed by atoms with Gasteiger partial charge in [-0.3, -0.25) is 0 Å². The molecule has 0 N–H and O–H groups in total. The zero-order valence-corrected chi connectivity index (χ0v) is 9.16. The molecule has 2 rings (SSSR count). The van der Waals surface area contributed by atoms with Gasteiger partial charge >= 0.3 is 84.2 Å². The second-order valence-corrected chi connectivity index (χ2v) is 6.00. The summed E-state index contributed by atoms with van der Waals surface area (Å²) >= 11 is -1.92. The SMILES string of the molecule is CC#CI1OC(=O)c2ccccc21. The Kier molecular flexibility index (Phi) is 2.23. The number of halogens is 1. The molecule has 0 saturated carbocycles. The molecule has 2 nitrogen and oxygen atoms in total. The van der Waals surface area contributed by atoms with Gasteiger partial charge < -0.3 is 0 Å². The molecule has 3 heteroatoms. The Balaban J connectivity index is 2.51. The summed E-state index contributed by atoms with van der Waals surface area (Å²) in [6, 6.07) is 7.50. The summed E-state index contributed by atoms with van der Waals surface area (Å²) in [7, 11) is 0. The molecule has 13 heavy (non-hydrogen) atoms. The predicted molar refractivity (Wildman–Crippen MR) is 58.0 cm³/mol. The van der Waals surface area contributed by atoms with E-state index in [0.717, 1.165) is 3.57 Å². The monoisotopic (exact) mass is 286 g/mol. The Hall–Kier alpha value is -1.02. The Bertz CT molecular complexity index is 414. The molecule has 0 amide bonds. The third kappa shape index (κ3) is 1.42. The molecule has 1 aliphatic rings. The molecular weight excluding hydrogens is 279 g/mol. The van der Waals surface area contributed by atoms with Crippen LogP contribution in [0.25, 0.3) is 0 Å². The van der Waals surface area contributed by atoms with Crippen LogP contribution in [0.5, 0.6) is 0 Å². The van der Waals surface area contributed by atoms with Crippen molar-refractivity contribution in [2.45, 2.75) is 6.92 Å². The standard InChI is InChI=1S/C10H7IO2/c1-2-7-11-9-6-4-3-5-8(9)10(12)13-11/h3-6H,1H3. The molecule has 0 unspecified atom stereocenters. The Morgan fingerprint density at radius 2 is 2.15 bits per heavy atom. The van der Waals surface area contributed by atoms with Crippen LogP contribution in [0.4, 0.5) is 0 Å². The second-order valence-electron chi connectivity index (χ2n) is 2.44. The van der Waals surface area contributed by atoms with Crippen molar-refractivity contribution in [3.63, 3.8) is 0 Å². The first kappa shape index (κ1) is 8.57. The molecule has 0 aromatic heterocycles. The van der Waals surface area contributed by atoms with Crippen LogP contribution in [-0.2, 0) is 3.07 Å². The van der Waals surface area contributed by atoms with Crippen LogP contribution < -0.4 is 0 Å². The molecule has 66 valence electrons. The fourth-order valence-corrected chi connectivity index (χ4v) is 4.31. The number of fused-ring (bicyclic) bond motifs is 1. The average Bonchev–Trinajstić information content (AvgIpc) is 2.46. The first-order chi connectivity index (χ1) is 6.33. The van der Waals surface area contributed by atoms with Gasteiger partial charge in [0.05, 0.1) is 0 Å². The van der Waals surface area contributed by atoms with Crippen LogP contribution in [-0.4, -0.2) is 5.97 Å². The topological polar surface area (TPSA) is 26.3 Å². The number of carbonyl (C=O) groups excluding carboxylic acids is 1. The fraction of sp³-hybridized carbons (Fsp3) is 0.100. The van der Waals surface area contributed by atoms with Gasteiger partial charge in [0.25, 0.3) is 0 Å². The number of hydrogen-bond donors (Lipinski definition) is 0. The van der Waals surface area contributed by atoms with Gasteiger partial charge in [-0.05, 0) is 0 Å². The molecule has 0 spiro atoms. The minimum atomic E-state index is -1.92. The van der Waals surface area contributed by atoms with Gasteiger partial charge in [-0.2, -0.15) is 0 Å². The van der Waals surface area contributed by atoms with Gasteiger partial charge in [-0.15, -0.1) is 0 Å². The van der Waals surface area contributed by atoms with Gasteiger partial charge in [0.15, 0.2) is 0 Å². The molecule has 0 fully saturated rings. The molecule has 1 aliphatic heterocycles. The minimum absolute atomic E-state index is 0.205. The van der Waals surface area contributed by atoms with Gasteiger partial charge in [0, 0.05) is 0 Å². The fourth-order valence-electron chi connectivity index (χ4n) is 1.09. The van der Waals surface area contributed by atoms with E-state index >= 15 is 0 Å². The van der Waals surface area contributed by atoms with E-state index < -0.39 is 20.2 Å². The molecule has 0 bridgehead atoms. The maximum atomic E-state index is 11.3. The average molecular weight is 286 g/mol. The van der Waals surface area contributed by atoms with E-state index in [0.29, 0.717) is 5.56 Å². The molecule has 0 saturated heterocycles. The van der Waals surface area contributed by atoms with Crippen molar-refractivity contribution < 1.29 is 7.86 Å². The number of carbonyl (C=O) groups is 1. The Morgan fingerprint density at radius 1 is 1.38 bits per heavy atom. The number of benzene rings is 1. The third-order valence-corrected chi connectivity index (χ3v) is 5.47. The summed E-state index contributed by atoms with van der Waals surface area (Å²) in [5.41, 5.74) is 0.704. The van der Waals surface area contributed by atoms with Crippen LogP contribution in [0.3, 0.4) is 0 Å². The molecule has 1 aromatic carbocycles. The maximum absolute atomic E-state index is 11.3. The Morgan fingerprint density at radius 3 is 2.92 bits per heavy atom. The molecule has 1 heterocycles. The summed E-state index contributed by atoms with van der Waals surface area (Å²) < 4.78 is 9.24. The van der Waals surface area contributed by atoms with E-state index in [1.54, 1.807) is 13.0 Å². The van der Waals surface area contributed by atoms with E-state index in [4.69, 9.17) is 3.07 Å². The van der Waals surface area contributed by atoms with Gasteiger partial charge in [0.2, 0.25) is 0 Å².